The number of carbonyl (C=O) groups excluding carboxylic acids is 1. The Morgan fingerprint density at radius 1 is 1.37 bits per heavy atom. The van der Waals surface area contributed by atoms with Crippen LogP contribution in [0.15, 0.2) is 11.8 Å². The first-order chi connectivity index (χ1) is 8.47. The fourth-order valence-corrected chi connectivity index (χ4v) is 1.60. The molecule has 0 bridgehead atoms. The molecule has 0 heterocycles. The van der Waals surface area contributed by atoms with E-state index in [1.54, 1.807) is 20.8 Å². The third kappa shape index (κ3) is 8.40. The standard InChI is InChI=1S/C11H20NO6P/c1-11(2,3)18-10(15)12-8(9(13)14)6-7-19(5,16)17-4/h6H,7H2,1-5H3,(H,12,15)(H,13,14). The van der Waals surface area contributed by atoms with Crippen LogP contribution in [-0.4, -0.2) is 42.7 Å². The van der Waals surface area contributed by atoms with Crippen molar-refractivity contribution >= 4 is 19.4 Å². The molecule has 19 heavy (non-hydrogen) atoms. The molecule has 0 fully saturated rings. The number of hydrogen-bond donors (Lipinski definition) is 2. The van der Waals surface area contributed by atoms with Gasteiger partial charge < -0.3 is 14.4 Å². The van der Waals surface area contributed by atoms with Gasteiger partial charge in [0.25, 0.3) is 0 Å². The van der Waals surface area contributed by atoms with E-state index in [0.29, 0.717) is 0 Å². The fourth-order valence-electron chi connectivity index (χ4n) is 0.937. The molecule has 0 saturated carbocycles. The maximum Gasteiger partial charge on any atom is 0.412 e. The molecular formula is C11H20NO6P. The van der Waals surface area contributed by atoms with Crippen molar-refractivity contribution in [3.8, 4) is 0 Å². The third-order valence-corrected chi connectivity index (χ3v) is 3.50. The lowest BCUT2D eigenvalue weighted by atomic mass is 10.2. The van der Waals surface area contributed by atoms with Crippen LogP contribution in [0.5, 0.6) is 0 Å². The highest BCUT2D eigenvalue weighted by atomic mass is 31.2. The van der Waals surface area contributed by atoms with Gasteiger partial charge in [0, 0.05) is 19.9 Å². The average Bonchev–Trinajstić information content (AvgIpc) is 2.21. The lowest BCUT2D eigenvalue weighted by Crippen LogP contribution is -2.34. The first kappa shape index (κ1) is 17.7. The number of allylic oxidation sites excluding steroid dienone is 1. The number of aliphatic carboxylic acids is 1. The van der Waals surface area contributed by atoms with E-state index >= 15 is 0 Å². The normalized spacial score (nSPS) is 15.5. The number of carboxylic acid groups (broad SMARTS) is 1. The SMILES string of the molecule is COP(C)(=O)CC=C(NC(=O)OC(C)(C)C)C(=O)O. The lowest BCUT2D eigenvalue weighted by Gasteiger charge is -2.19. The Balaban J connectivity index is 4.77. The molecule has 8 heteroatoms. The number of carboxylic acids is 1. The zero-order valence-corrected chi connectivity index (χ0v) is 12.6. The van der Waals surface area contributed by atoms with Gasteiger partial charge in [0.15, 0.2) is 0 Å². The summed E-state index contributed by atoms with van der Waals surface area (Å²) in [4.78, 5) is 22.4. The number of nitrogens with one attached hydrogen (secondary N) is 1. The summed E-state index contributed by atoms with van der Waals surface area (Å²) < 4.78 is 21.3. The molecule has 0 aromatic carbocycles. The van der Waals surface area contributed by atoms with E-state index in [1.165, 1.54) is 13.8 Å². The van der Waals surface area contributed by atoms with Crippen molar-refractivity contribution in [3.63, 3.8) is 0 Å². The molecule has 0 spiro atoms. The van der Waals surface area contributed by atoms with E-state index in [-0.39, 0.29) is 6.16 Å². The summed E-state index contributed by atoms with van der Waals surface area (Å²) in [6, 6.07) is 0. The Bertz CT molecular complexity index is 423. The van der Waals surface area contributed by atoms with Crippen LogP contribution in [0.4, 0.5) is 4.79 Å². The minimum absolute atomic E-state index is 0.0963. The highest BCUT2D eigenvalue weighted by molar-refractivity contribution is 7.58. The van der Waals surface area contributed by atoms with Crippen molar-refractivity contribution in [2.75, 3.05) is 19.9 Å². The zero-order valence-electron chi connectivity index (χ0n) is 11.7. The molecule has 1 unspecified atom stereocenters. The second kappa shape index (κ2) is 6.73. The van der Waals surface area contributed by atoms with Gasteiger partial charge in [-0.15, -0.1) is 0 Å². The zero-order chi connectivity index (χ0) is 15.3. The minimum atomic E-state index is -2.88. The Morgan fingerprint density at radius 3 is 2.26 bits per heavy atom. The largest absolute Gasteiger partial charge is 0.477 e. The number of alkyl carbamates (subject to hydrolysis) is 1. The van der Waals surface area contributed by atoms with Crippen LogP contribution in [0.2, 0.25) is 0 Å². The smallest absolute Gasteiger partial charge is 0.412 e. The van der Waals surface area contributed by atoms with Crippen molar-refractivity contribution in [3.05, 3.63) is 11.8 Å². The summed E-state index contributed by atoms with van der Waals surface area (Å²) in [6.07, 6.45) is 0.154. The van der Waals surface area contributed by atoms with Crippen LogP contribution < -0.4 is 5.32 Å². The van der Waals surface area contributed by atoms with E-state index in [0.717, 1.165) is 6.08 Å². The Morgan fingerprint density at radius 2 is 1.89 bits per heavy atom. The molecule has 1 amide bonds. The Kier molecular flexibility index (Phi) is 6.25. The van der Waals surface area contributed by atoms with Crippen LogP contribution in [0.3, 0.4) is 0 Å². The fraction of sp³-hybridized carbons (Fsp3) is 0.636. The van der Waals surface area contributed by atoms with Gasteiger partial charge >= 0.3 is 12.1 Å². The van der Waals surface area contributed by atoms with Crippen LogP contribution in [0.1, 0.15) is 20.8 Å². The van der Waals surface area contributed by atoms with Crippen molar-refractivity contribution in [2.24, 2.45) is 0 Å². The predicted octanol–water partition coefficient (Wildman–Crippen LogP) is 2.03. The van der Waals surface area contributed by atoms with E-state index in [2.05, 4.69) is 5.32 Å². The van der Waals surface area contributed by atoms with Crippen LogP contribution in [-0.2, 0) is 18.6 Å². The Labute approximate surface area is 112 Å². The Hall–Kier alpha value is -1.33. The summed E-state index contributed by atoms with van der Waals surface area (Å²) in [5, 5.41) is 11.0. The quantitative estimate of drug-likeness (QED) is 0.594. The summed E-state index contributed by atoms with van der Waals surface area (Å²) in [5.74, 6) is -1.35. The monoisotopic (exact) mass is 293 g/mol. The van der Waals surface area contributed by atoms with Crippen LogP contribution in [0, 0.1) is 0 Å². The van der Waals surface area contributed by atoms with E-state index in [4.69, 9.17) is 14.4 Å². The van der Waals surface area contributed by atoms with Gasteiger partial charge in [-0.2, -0.15) is 0 Å². The lowest BCUT2D eigenvalue weighted by molar-refractivity contribution is -0.133. The molecule has 0 rings (SSSR count). The van der Waals surface area contributed by atoms with Gasteiger partial charge in [0.05, 0.1) is 0 Å². The maximum absolute atomic E-state index is 11.6. The van der Waals surface area contributed by atoms with Crippen molar-refractivity contribution in [2.45, 2.75) is 26.4 Å². The summed E-state index contributed by atoms with van der Waals surface area (Å²) in [5.41, 5.74) is -1.13. The first-order valence-electron chi connectivity index (χ1n) is 5.52. The molecular weight excluding hydrogens is 273 g/mol. The van der Waals surface area contributed by atoms with Crippen LogP contribution >= 0.6 is 7.37 Å². The molecule has 0 aromatic rings. The van der Waals surface area contributed by atoms with Crippen molar-refractivity contribution in [1.82, 2.24) is 5.32 Å². The van der Waals surface area contributed by atoms with E-state index < -0.39 is 30.7 Å². The predicted molar refractivity (Wildman–Crippen MR) is 70.5 cm³/mol. The molecule has 7 nitrogen and oxygen atoms in total. The number of rotatable bonds is 5. The highest BCUT2D eigenvalue weighted by Crippen LogP contribution is 2.41. The molecule has 1 atom stereocenters. The van der Waals surface area contributed by atoms with Crippen molar-refractivity contribution in [1.29, 1.82) is 0 Å². The molecule has 0 aliphatic rings. The van der Waals surface area contributed by atoms with Gasteiger partial charge in [0.2, 0.25) is 7.37 Å². The number of hydrogen-bond acceptors (Lipinski definition) is 5. The molecule has 110 valence electrons. The molecule has 0 aliphatic carbocycles. The molecule has 2 N–H and O–H groups in total. The number of carbonyl (C=O) groups is 2. The van der Waals surface area contributed by atoms with Gasteiger partial charge in [-0.05, 0) is 26.8 Å². The topological polar surface area (TPSA) is 102 Å². The van der Waals surface area contributed by atoms with Gasteiger partial charge in [-0.1, -0.05) is 0 Å². The van der Waals surface area contributed by atoms with Crippen LogP contribution in [0.25, 0.3) is 0 Å². The average molecular weight is 293 g/mol. The van der Waals surface area contributed by atoms with Gasteiger partial charge in [-0.25, -0.2) is 9.59 Å². The molecule has 0 saturated heterocycles. The highest BCUT2D eigenvalue weighted by Gasteiger charge is 2.20. The number of amides is 1. The van der Waals surface area contributed by atoms with E-state index in [1.807, 2.05) is 0 Å². The van der Waals surface area contributed by atoms with Gasteiger partial charge in [0.1, 0.15) is 11.3 Å². The molecule has 0 radical (unpaired) electrons. The van der Waals surface area contributed by atoms with E-state index in [9.17, 15) is 14.2 Å². The first-order valence-corrected chi connectivity index (χ1v) is 7.78. The summed E-state index contributed by atoms with van der Waals surface area (Å²) in [6.45, 7) is 6.34. The second-order valence-corrected chi connectivity index (χ2v) is 7.69. The minimum Gasteiger partial charge on any atom is -0.477 e. The summed E-state index contributed by atoms with van der Waals surface area (Å²) >= 11 is 0. The second-order valence-electron chi connectivity index (χ2n) is 4.93. The maximum atomic E-state index is 11.6. The number of ether oxygens (including phenoxy) is 1. The molecule has 0 aliphatic heterocycles. The third-order valence-electron chi connectivity index (χ3n) is 1.88. The summed E-state index contributed by atoms with van der Waals surface area (Å²) in [7, 11) is -1.61. The molecule has 0 aromatic heterocycles. The van der Waals surface area contributed by atoms with Gasteiger partial charge in [-0.3, -0.25) is 9.88 Å². The van der Waals surface area contributed by atoms with Crippen molar-refractivity contribution < 1.29 is 28.5 Å².